The molecule has 3 aromatic carbocycles. The van der Waals surface area contributed by atoms with Crippen LogP contribution in [0.15, 0.2) is 48.5 Å². The minimum Gasteiger partial charge on any atom is -0.390 e. The van der Waals surface area contributed by atoms with Gasteiger partial charge in [-0.3, -0.25) is 9.59 Å². The van der Waals surface area contributed by atoms with Crippen LogP contribution in [0, 0.1) is 11.6 Å². The topological polar surface area (TPSA) is 78.4 Å². The second kappa shape index (κ2) is 9.42. The van der Waals surface area contributed by atoms with Gasteiger partial charge in [-0.05, 0) is 67.9 Å². The summed E-state index contributed by atoms with van der Waals surface area (Å²) < 4.78 is 67.5. The second-order valence-electron chi connectivity index (χ2n) is 9.35. The number of fused-ring (bicyclic) bond motifs is 1. The van der Waals surface area contributed by atoms with Crippen LogP contribution < -0.4 is 10.6 Å². The van der Waals surface area contributed by atoms with Gasteiger partial charge in [0.25, 0.3) is 11.8 Å². The Labute approximate surface area is 213 Å². The minimum absolute atomic E-state index is 0.00301. The zero-order valence-corrected chi connectivity index (χ0v) is 20.2. The molecule has 3 aromatic rings. The zero-order valence-electron chi connectivity index (χ0n) is 19.4. The van der Waals surface area contributed by atoms with Gasteiger partial charge in [0.2, 0.25) is 0 Å². The number of carbonyl (C=O) groups is 2. The lowest BCUT2D eigenvalue weighted by atomic mass is 9.91. The number of hydrogen-bond donors (Lipinski definition) is 3. The fourth-order valence-corrected chi connectivity index (χ4v) is 4.47. The molecule has 1 aliphatic heterocycles. The smallest absolute Gasteiger partial charge is 0.390 e. The molecule has 5 nitrogen and oxygen atoms in total. The molecule has 1 aliphatic rings. The third-order valence-electron chi connectivity index (χ3n) is 5.69. The zero-order chi connectivity index (χ0) is 27.3. The van der Waals surface area contributed by atoms with Crippen molar-refractivity contribution in [2.75, 3.05) is 5.32 Å². The summed E-state index contributed by atoms with van der Waals surface area (Å²) in [6, 6.07) is 6.89. The normalized spacial score (nSPS) is 15.4. The van der Waals surface area contributed by atoms with Gasteiger partial charge in [0.15, 0.2) is 0 Å². The summed E-state index contributed by atoms with van der Waals surface area (Å²) in [5.74, 6) is -3.54. The van der Waals surface area contributed by atoms with Crippen molar-refractivity contribution >= 4 is 29.1 Å². The Hall–Kier alpha value is -3.50. The number of halogens is 6. The molecule has 0 radical (unpaired) electrons. The Morgan fingerprint density at radius 1 is 1.05 bits per heavy atom. The Morgan fingerprint density at radius 2 is 1.76 bits per heavy atom. The number of anilines is 1. The van der Waals surface area contributed by atoms with E-state index in [0.717, 1.165) is 12.1 Å². The summed E-state index contributed by atoms with van der Waals surface area (Å²) in [7, 11) is 0. The maximum Gasteiger partial charge on any atom is 0.416 e. The molecule has 0 aromatic heterocycles. The first-order chi connectivity index (χ1) is 17.1. The van der Waals surface area contributed by atoms with Crippen LogP contribution in [0.3, 0.4) is 0 Å². The van der Waals surface area contributed by atoms with Crippen molar-refractivity contribution in [3.8, 4) is 0 Å². The van der Waals surface area contributed by atoms with E-state index in [2.05, 4.69) is 10.6 Å². The fourth-order valence-electron chi connectivity index (χ4n) is 4.25. The first-order valence-electron chi connectivity index (χ1n) is 11.0. The summed E-state index contributed by atoms with van der Waals surface area (Å²) >= 11 is 6.25. The molecule has 1 atom stereocenters. The Kier molecular flexibility index (Phi) is 6.76. The standard InChI is InChI=1S/C26H20ClF5N2O3/c1-25(2,37)11-12-5-18-21(22(34-24(18)36)17-10-15(28)3-4-19(17)27)20(6-12)33-23(35)13-7-14(26(30,31)32)9-16(29)8-13/h3-10,22,37H,11H2,1-2H3,(H,33,35)(H,34,36)/t22-/m1/s1. The predicted molar refractivity (Wildman–Crippen MR) is 127 cm³/mol. The predicted octanol–water partition coefficient (Wildman–Crippen LogP) is 6.04. The summed E-state index contributed by atoms with van der Waals surface area (Å²) in [4.78, 5) is 25.9. The molecule has 0 spiro atoms. The summed E-state index contributed by atoms with van der Waals surface area (Å²) in [6.45, 7) is 3.05. The van der Waals surface area contributed by atoms with E-state index in [1.54, 1.807) is 0 Å². The second-order valence-corrected chi connectivity index (χ2v) is 9.75. The lowest BCUT2D eigenvalue weighted by Crippen LogP contribution is -2.22. The lowest BCUT2D eigenvalue weighted by molar-refractivity contribution is -0.137. The Balaban J connectivity index is 1.84. The first kappa shape index (κ1) is 26.6. The van der Waals surface area contributed by atoms with E-state index < -0.39 is 52.4 Å². The van der Waals surface area contributed by atoms with Crippen LogP contribution in [0.25, 0.3) is 0 Å². The van der Waals surface area contributed by atoms with E-state index in [1.165, 1.54) is 32.0 Å². The van der Waals surface area contributed by atoms with Crippen LogP contribution in [0.4, 0.5) is 27.6 Å². The van der Waals surface area contributed by atoms with Crippen molar-refractivity contribution in [1.29, 1.82) is 0 Å². The summed E-state index contributed by atoms with van der Waals surface area (Å²) in [5, 5.41) is 15.5. The first-order valence-corrected chi connectivity index (χ1v) is 11.3. The van der Waals surface area contributed by atoms with Gasteiger partial charge >= 0.3 is 6.18 Å². The van der Waals surface area contributed by atoms with Crippen molar-refractivity contribution in [1.82, 2.24) is 5.32 Å². The van der Waals surface area contributed by atoms with Crippen LogP contribution >= 0.6 is 11.6 Å². The highest BCUT2D eigenvalue weighted by molar-refractivity contribution is 6.31. The van der Waals surface area contributed by atoms with Gasteiger partial charge in [0.1, 0.15) is 11.6 Å². The number of aliphatic hydroxyl groups is 1. The molecule has 0 saturated heterocycles. The van der Waals surface area contributed by atoms with E-state index in [1.807, 2.05) is 0 Å². The Morgan fingerprint density at radius 3 is 2.41 bits per heavy atom. The number of nitrogens with one attached hydrogen (secondary N) is 2. The minimum atomic E-state index is -4.89. The quantitative estimate of drug-likeness (QED) is 0.347. The van der Waals surface area contributed by atoms with Crippen LogP contribution in [-0.4, -0.2) is 22.5 Å². The van der Waals surface area contributed by atoms with Crippen LogP contribution in [-0.2, 0) is 12.6 Å². The van der Waals surface area contributed by atoms with E-state index in [0.29, 0.717) is 17.7 Å². The highest BCUT2D eigenvalue weighted by Gasteiger charge is 2.36. The van der Waals surface area contributed by atoms with E-state index in [4.69, 9.17) is 11.6 Å². The fraction of sp³-hybridized carbons (Fsp3) is 0.231. The molecule has 0 aliphatic carbocycles. The lowest BCUT2D eigenvalue weighted by Gasteiger charge is -2.21. The highest BCUT2D eigenvalue weighted by Crippen LogP contribution is 2.41. The maximum absolute atomic E-state index is 14.0. The van der Waals surface area contributed by atoms with Crippen molar-refractivity contribution in [3.63, 3.8) is 0 Å². The highest BCUT2D eigenvalue weighted by atomic mass is 35.5. The van der Waals surface area contributed by atoms with Crippen molar-refractivity contribution in [3.05, 3.63) is 98.6 Å². The van der Waals surface area contributed by atoms with Crippen molar-refractivity contribution in [2.24, 2.45) is 0 Å². The molecule has 0 bridgehead atoms. The Bertz CT molecular complexity index is 1420. The molecule has 37 heavy (non-hydrogen) atoms. The van der Waals surface area contributed by atoms with Gasteiger partial charge in [0, 0.05) is 39.4 Å². The third-order valence-corrected chi connectivity index (χ3v) is 6.03. The number of alkyl halides is 3. The van der Waals surface area contributed by atoms with Crippen LogP contribution in [0.1, 0.15) is 62.9 Å². The number of rotatable bonds is 5. The summed E-state index contributed by atoms with van der Waals surface area (Å²) in [5.41, 5.74) is -2.26. The SMILES string of the molecule is CC(C)(O)Cc1cc(NC(=O)c2cc(F)cc(C(F)(F)F)c2)c2c(c1)C(=O)N[C@@H]2c1cc(F)ccc1Cl. The third kappa shape index (κ3) is 5.75. The van der Waals surface area contributed by atoms with Gasteiger partial charge in [-0.15, -0.1) is 0 Å². The molecule has 2 amide bonds. The largest absolute Gasteiger partial charge is 0.416 e. The molecule has 3 N–H and O–H groups in total. The van der Waals surface area contributed by atoms with E-state index in [-0.39, 0.29) is 39.9 Å². The molecular formula is C26H20ClF5N2O3. The molecule has 1 heterocycles. The van der Waals surface area contributed by atoms with Crippen LogP contribution in [0.2, 0.25) is 5.02 Å². The van der Waals surface area contributed by atoms with Crippen molar-refractivity contribution < 1.29 is 36.6 Å². The van der Waals surface area contributed by atoms with Gasteiger partial charge in [0.05, 0.1) is 17.2 Å². The molecule has 0 saturated carbocycles. The monoisotopic (exact) mass is 538 g/mol. The van der Waals surface area contributed by atoms with Gasteiger partial charge in [-0.2, -0.15) is 13.2 Å². The number of hydrogen-bond acceptors (Lipinski definition) is 3. The molecule has 0 unspecified atom stereocenters. The number of benzene rings is 3. The van der Waals surface area contributed by atoms with Gasteiger partial charge in [-0.25, -0.2) is 8.78 Å². The number of carbonyl (C=O) groups excluding carboxylic acids is 2. The van der Waals surface area contributed by atoms with E-state index >= 15 is 0 Å². The molecule has 0 fully saturated rings. The van der Waals surface area contributed by atoms with Gasteiger partial charge in [-0.1, -0.05) is 11.6 Å². The van der Waals surface area contributed by atoms with Crippen LogP contribution in [0.5, 0.6) is 0 Å². The van der Waals surface area contributed by atoms with Gasteiger partial charge < -0.3 is 15.7 Å². The molecular weight excluding hydrogens is 519 g/mol. The number of amides is 2. The maximum atomic E-state index is 14.0. The average Bonchev–Trinajstić information content (AvgIpc) is 3.09. The van der Waals surface area contributed by atoms with Crippen molar-refractivity contribution in [2.45, 2.75) is 38.1 Å². The average molecular weight is 539 g/mol. The van der Waals surface area contributed by atoms with E-state index in [9.17, 15) is 36.6 Å². The molecule has 4 rings (SSSR count). The molecule has 11 heteroatoms. The molecule has 194 valence electrons. The summed E-state index contributed by atoms with van der Waals surface area (Å²) in [6.07, 6.45) is -4.83.